The van der Waals surface area contributed by atoms with Crippen molar-refractivity contribution in [2.45, 2.75) is 26.2 Å². The van der Waals surface area contributed by atoms with E-state index in [1.807, 2.05) is 12.1 Å². The molecule has 1 aliphatic rings. The molecule has 1 saturated heterocycles. The van der Waals surface area contributed by atoms with Crippen molar-refractivity contribution in [3.05, 3.63) is 35.1 Å². The fourth-order valence-electron chi connectivity index (χ4n) is 2.45. The number of rotatable bonds is 2. The van der Waals surface area contributed by atoms with Crippen LogP contribution in [0.15, 0.2) is 24.3 Å². The molecule has 0 radical (unpaired) electrons. The molecule has 2 aromatic rings. The minimum absolute atomic E-state index is 0.0475. The van der Waals surface area contributed by atoms with Crippen molar-refractivity contribution >= 4 is 22.2 Å². The van der Waals surface area contributed by atoms with Crippen LogP contribution in [0.1, 0.15) is 25.8 Å². The molecule has 0 bridgehead atoms. The quantitative estimate of drug-likeness (QED) is 0.850. The molecule has 6 heteroatoms. The van der Waals surface area contributed by atoms with Gasteiger partial charge in [-0.25, -0.2) is 4.39 Å². The van der Waals surface area contributed by atoms with Crippen LogP contribution in [0.4, 0.5) is 15.2 Å². The van der Waals surface area contributed by atoms with Crippen molar-refractivity contribution in [3.63, 3.8) is 0 Å². The van der Waals surface area contributed by atoms with E-state index in [0.29, 0.717) is 0 Å². The molecule has 0 saturated carbocycles. The standard InChI is InChI=1S/C16H21FN4S/c1-16(2,3)14-18-19-15(22-14)21-10-8-20(9-11-21)13-6-4-12(17)5-7-13/h4-7H,8-11H2,1-3H3. The zero-order chi connectivity index (χ0) is 15.7. The second-order valence-electron chi connectivity index (χ2n) is 6.59. The van der Waals surface area contributed by atoms with Crippen LogP contribution in [0, 0.1) is 5.82 Å². The molecule has 0 N–H and O–H groups in total. The van der Waals surface area contributed by atoms with Gasteiger partial charge in [-0.2, -0.15) is 0 Å². The summed E-state index contributed by atoms with van der Waals surface area (Å²) >= 11 is 1.68. The maximum Gasteiger partial charge on any atom is 0.208 e. The zero-order valence-electron chi connectivity index (χ0n) is 13.2. The highest BCUT2D eigenvalue weighted by Gasteiger charge is 2.24. The highest BCUT2D eigenvalue weighted by atomic mass is 32.1. The summed E-state index contributed by atoms with van der Waals surface area (Å²) in [5.74, 6) is -0.189. The van der Waals surface area contributed by atoms with Crippen LogP contribution >= 0.6 is 11.3 Å². The Morgan fingerprint density at radius 3 is 2.09 bits per heavy atom. The van der Waals surface area contributed by atoms with Crippen LogP contribution in [0.2, 0.25) is 0 Å². The van der Waals surface area contributed by atoms with Gasteiger partial charge in [-0.3, -0.25) is 0 Å². The molecule has 22 heavy (non-hydrogen) atoms. The Morgan fingerprint density at radius 2 is 1.55 bits per heavy atom. The van der Waals surface area contributed by atoms with Gasteiger partial charge in [0.1, 0.15) is 10.8 Å². The molecule has 0 aliphatic carbocycles. The third-order valence-electron chi connectivity index (χ3n) is 3.80. The normalized spacial score (nSPS) is 16.2. The lowest BCUT2D eigenvalue weighted by molar-refractivity contribution is 0.577. The summed E-state index contributed by atoms with van der Waals surface area (Å²) in [5, 5.41) is 10.7. The smallest absolute Gasteiger partial charge is 0.208 e. The minimum Gasteiger partial charge on any atom is -0.368 e. The Balaban J connectivity index is 1.64. The van der Waals surface area contributed by atoms with Gasteiger partial charge in [0.2, 0.25) is 5.13 Å². The van der Waals surface area contributed by atoms with Gasteiger partial charge in [0, 0.05) is 37.3 Å². The summed E-state index contributed by atoms with van der Waals surface area (Å²) in [5.41, 5.74) is 1.12. The first kappa shape index (κ1) is 15.2. The summed E-state index contributed by atoms with van der Waals surface area (Å²) in [6, 6.07) is 6.71. The first-order valence-electron chi connectivity index (χ1n) is 7.53. The van der Waals surface area contributed by atoms with Crippen LogP contribution in [0.3, 0.4) is 0 Å². The maximum absolute atomic E-state index is 13.0. The molecule has 118 valence electrons. The molecule has 0 atom stereocenters. The van der Waals surface area contributed by atoms with Gasteiger partial charge in [-0.15, -0.1) is 10.2 Å². The van der Waals surface area contributed by atoms with Gasteiger partial charge in [0.15, 0.2) is 0 Å². The Morgan fingerprint density at radius 1 is 0.955 bits per heavy atom. The van der Waals surface area contributed by atoms with Gasteiger partial charge in [0.25, 0.3) is 0 Å². The van der Waals surface area contributed by atoms with E-state index in [-0.39, 0.29) is 11.2 Å². The van der Waals surface area contributed by atoms with Crippen molar-refractivity contribution in [3.8, 4) is 0 Å². The highest BCUT2D eigenvalue weighted by molar-refractivity contribution is 7.15. The summed E-state index contributed by atoms with van der Waals surface area (Å²) in [6.07, 6.45) is 0. The molecule has 1 aliphatic heterocycles. The molecule has 4 nitrogen and oxygen atoms in total. The Bertz CT molecular complexity index is 624. The maximum atomic E-state index is 13.0. The molecule has 0 spiro atoms. The predicted octanol–water partition coefficient (Wildman–Crippen LogP) is 3.30. The van der Waals surface area contributed by atoms with E-state index in [9.17, 15) is 4.39 Å². The molecule has 1 aromatic carbocycles. The molecular formula is C16H21FN4S. The van der Waals surface area contributed by atoms with Crippen molar-refractivity contribution in [2.24, 2.45) is 0 Å². The van der Waals surface area contributed by atoms with E-state index >= 15 is 0 Å². The lowest BCUT2D eigenvalue weighted by Gasteiger charge is -2.35. The monoisotopic (exact) mass is 320 g/mol. The van der Waals surface area contributed by atoms with Gasteiger partial charge in [-0.1, -0.05) is 32.1 Å². The van der Waals surface area contributed by atoms with Crippen LogP contribution in [0.5, 0.6) is 0 Å². The van der Waals surface area contributed by atoms with E-state index in [1.54, 1.807) is 11.3 Å². The predicted molar refractivity (Wildman–Crippen MR) is 89.4 cm³/mol. The van der Waals surface area contributed by atoms with Crippen LogP contribution < -0.4 is 9.80 Å². The van der Waals surface area contributed by atoms with E-state index < -0.39 is 0 Å². The van der Waals surface area contributed by atoms with Crippen molar-refractivity contribution in [1.82, 2.24) is 10.2 Å². The van der Waals surface area contributed by atoms with E-state index in [1.165, 1.54) is 12.1 Å². The number of aromatic nitrogens is 2. The largest absolute Gasteiger partial charge is 0.368 e. The number of halogens is 1. The Hall–Kier alpha value is -1.69. The number of hydrogen-bond donors (Lipinski definition) is 0. The average molecular weight is 320 g/mol. The topological polar surface area (TPSA) is 32.3 Å². The van der Waals surface area contributed by atoms with E-state index in [2.05, 4.69) is 40.8 Å². The Kier molecular flexibility index (Phi) is 4.04. The Labute approximate surface area is 134 Å². The zero-order valence-corrected chi connectivity index (χ0v) is 14.0. The van der Waals surface area contributed by atoms with Crippen molar-refractivity contribution < 1.29 is 4.39 Å². The minimum atomic E-state index is -0.189. The van der Waals surface area contributed by atoms with Crippen LogP contribution in [-0.2, 0) is 5.41 Å². The number of hydrogen-bond acceptors (Lipinski definition) is 5. The number of piperazine rings is 1. The first-order chi connectivity index (χ1) is 10.4. The number of anilines is 2. The van der Waals surface area contributed by atoms with Crippen molar-refractivity contribution in [1.29, 1.82) is 0 Å². The van der Waals surface area contributed by atoms with Gasteiger partial charge in [-0.05, 0) is 24.3 Å². The third kappa shape index (κ3) is 3.21. The number of nitrogens with zero attached hydrogens (tertiary/aromatic N) is 4. The fourth-order valence-corrected chi connectivity index (χ4v) is 3.41. The molecular weight excluding hydrogens is 299 g/mol. The summed E-state index contributed by atoms with van der Waals surface area (Å²) in [4.78, 5) is 4.56. The molecule has 2 heterocycles. The second-order valence-corrected chi connectivity index (χ2v) is 7.55. The number of benzene rings is 1. The first-order valence-corrected chi connectivity index (χ1v) is 8.34. The van der Waals surface area contributed by atoms with Gasteiger partial charge >= 0.3 is 0 Å². The second kappa shape index (κ2) is 5.83. The molecule has 1 fully saturated rings. The molecule has 0 amide bonds. The van der Waals surface area contributed by atoms with Crippen LogP contribution in [-0.4, -0.2) is 36.4 Å². The van der Waals surface area contributed by atoms with E-state index in [4.69, 9.17) is 0 Å². The summed E-state index contributed by atoms with van der Waals surface area (Å²) in [6.45, 7) is 10.1. The third-order valence-corrected chi connectivity index (χ3v) is 5.21. The average Bonchev–Trinajstić information content (AvgIpc) is 2.98. The van der Waals surface area contributed by atoms with Crippen molar-refractivity contribution in [2.75, 3.05) is 36.0 Å². The van der Waals surface area contributed by atoms with Gasteiger partial charge < -0.3 is 9.80 Å². The molecule has 1 aromatic heterocycles. The van der Waals surface area contributed by atoms with Gasteiger partial charge in [0.05, 0.1) is 0 Å². The fraction of sp³-hybridized carbons (Fsp3) is 0.500. The van der Waals surface area contributed by atoms with Crippen LogP contribution in [0.25, 0.3) is 0 Å². The summed E-state index contributed by atoms with van der Waals surface area (Å²) < 4.78 is 13.0. The summed E-state index contributed by atoms with van der Waals surface area (Å²) in [7, 11) is 0. The molecule has 3 rings (SSSR count). The van der Waals surface area contributed by atoms with E-state index in [0.717, 1.165) is 42.0 Å². The lowest BCUT2D eigenvalue weighted by Crippen LogP contribution is -2.46. The lowest BCUT2D eigenvalue weighted by atomic mass is 9.98. The highest BCUT2D eigenvalue weighted by Crippen LogP contribution is 2.30. The molecule has 0 unspecified atom stereocenters. The SMILES string of the molecule is CC(C)(C)c1nnc(N2CCN(c3ccc(F)cc3)CC2)s1.